The summed E-state index contributed by atoms with van der Waals surface area (Å²) in [5.41, 5.74) is 0.578. The number of amides is 2. The molecule has 2 rings (SSSR count). The van der Waals surface area contributed by atoms with Gasteiger partial charge in [-0.1, -0.05) is 45.0 Å². The average molecular weight is 364 g/mol. The maximum atomic E-state index is 13.0. The summed E-state index contributed by atoms with van der Waals surface area (Å²) in [6.07, 6.45) is -2.92. The van der Waals surface area contributed by atoms with Crippen LogP contribution in [-0.4, -0.2) is 47.2 Å². The Morgan fingerprint density at radius 2 is 2.08 bits per heavy atom. The quantitative estimate of drug-likeness (QED) is 0.800. The Morgan fingerprint density at radius 1 is 1.42 bits per heavy atom. The van der Waals surface area contributed by atoms with Gasteiger partial charge in [0.15, 0.2) is 5.78 Å². The van der Waals surface area contributed by atoms with Crippen LogP contribution in [0.25, 0.3) is 0 Å². The largest absolute Gasteiger partial charge is 0.385 e. The van der Waals surface area contributed by atoms with Gasteiger partial charge in [0.25, 0.3) is 0 Å². The summed E-state index contributed by atoms with van der Waals surface area (Å²) in [5, 5.41) is 12.4. The molecule has 0 aliphatic carbocycles. The van der Waals surface area contributed by atoms with Gasteiger partial charge in [-0.25, -0.2) is 0 Å². The normalized spacial score (nSPS) is 27.8. The highest BCUT2D eigenvalue weighted by atomic mass is 16.3. The van der Waals surface area contributed by atoms with E-state index in [1.54, 1.807) is 18.2 Å². The first kappa shape index (κ1) is 14.9. The fourth-order valence-corrected chi connectivity index (χ4v) is 2.64. The van der Waals surface area contributed by atoms with Gasteiger partial charge < -0.3 is 15.3 Å². The van der Waals surface area contributed by atoms with E-state index in [1.807, 2.05) is 0 Å². The van der Waals surface area contributed by atoms with Gasteiger partial charge in [-0.2, -0.15) is 0 Å². The summed E-state index contributed by atoms with van der Waals surface area (Å²) in [6.45, 7) is 2.38. The number of hydrogen-bond acceptors (Lipinski definition) is 4. The predicted molar refractivity (Wildman–Crippen MR) is 98.3 cm³/mol. The van der Waals surface area contributed by atoms with Gasteiger partial charge >= 0.3 is 0 Å². The lowest BCUT2D eigenvalue weighted by molar-refractivity contribution is -0.137. The molecule has 0 saturated carbocycles. The molecular formula is C20H28N2O4. The van der Waals surface area contributed by atoms with Crippen molar-refractivity contribution in [1.29, 1.82) is 0 Å². The highest BCUT2D eigenvalue weighted by Crippen LogP contribution is 2.25. The molecular weight excluding hydrogens is 332 g/mol. The number of fused-ring (bicyclic) bond motifs is 1. The van der Waals surface area contributed by atoms with Gasteiger partial charge in [-0.3, -0.25) is 14.4 Å². The van der Waals surface area contributed by atoms with Gasteiger partial charge in [-0.15, -0.1) is 0 Å². The topological polar surface area (TPSA) is 86.7 Å². The zero-order valence-corrected chi connectivity index (χ0v) is 15.5. The molecule has 0 saturated heterocycles. The maximum absolute atomic E-state index is 13.0. The molecule has 1 heterocycles. The van der Waals surface area contributed by atoms with Crippen LogP contribution in [0.1, 0.15) is 49.8 Å². The SMILES string of the molecule is [2H]C1([2H])Cc2ccccc2[C@]([2H])(NC(=O)[C@H](C)CC(=O)[C@@]([2H])(O)C(C)C)C(=O)N1C. The van der Waals surface area contributed by atoms with Crippen LogP contribution in [0.15, 0.2) is 24.3 Å². The minimum atomic E-state index is -2.34. The van der Waals surface area contributed by atoms with Gasteiger partial charge in [0.2, 0.25) is 11.8 Å². The molecule has 1 aliphatic heterocycles. The van der Waals surface area contributed by atoms with Crippen LogP contribution in [0, 0.1) is 11.8 Å². The van der Waals surface area contributed by atoms with E-state index in [-0.39, 0.29) is 12.0 Å². The number of likely N-dealkylation sites (N-methyl/N-ethyl adjacent to an activating group) is 1. The molecule has 2 amide bonds. The molecule has 2 N–H and O–H groups in total. The van der Waals surface area contributed by atoms with Crippen molar-refractivity contribution in [1.82, 2.24) is 10.2 Å². The van der Waals surface area contributed by atoms with Crippen LogP contribution in [0.4, 0.5) is 0 Å². The lowest BCUT2D eigenvalue weighted by Crippen LogP contribution is -2.43. The van der Waals surface area contributed by atoms with E-state index in [2.05, 4.69) is 5.32 Å². The summed E-state index contributed by atoms with van der Waals surface area (Å²) in [4.78, 5) is 38.9. The minimum Gasteiger partial charge on any atom is -0.385 e. The zero-order valence-electron chi connectivity index (χ0n) is 19.5. The second-order valence-corrected chi connectivity index (χ2v) is 6.79. The number of aliphatic hydroxyl groups is 1. The van der Waals surface area contributed by atoms with E-state index in [4.69, 9.17) is 5.48 Å². The summed E-state index contributed by atoms with van der Waals surface area (Å²) in [6, 6.07) is 4.07. The van der Waals surface area contributed by atoms with Crippen molar-refractivity contribution in [3.05, 3.63) is 35.4 Å². The number of hydrogen-bond donors (Lipinski definition) is 2. The Kier molecular flexibility index (Phi) is 4.84. The molecule has 6 nitrogen and oxygen atoms in total. The number of nitrogens with one attached hydrogen (secondary N) is 1. The third-order valence-electron chi connectivity index (χ3n) is 4.33. The second-order valence-electron chi connectivity index (χ2n) is 6.79. The molecule has 1 aromatic carbocycles. The van der Waals surface area contributed by atoms with Gasteiger partial charge in [0.1, 0.15) is 12.1 Å². The van der Waals surface area contributed by atoms with Crippen LogP contribution in [0.2, 0.25) is 0 Å². The molecule has 142 valence electrons. The van der Waals surface area contributed by atoms with Crippen molar-refractivity contribution in [2.24, 2.45) is 11.8 Å². The van der Waals surface area contributed by atoms with Crippen LogP contribution in [0.5, 0.6) is 0 Å². The number of ketones is 1. The average Bonchev–Trinajstić information content (AvgIpc) is 2.70. The first-order chi connectivity index (χ1) is 13.6. The van der Waals surface area contributed by atoms with E-state index in [0.717, 1.165) is 4.90 Å². The fraction of sp³-hybridized carbons (Fsp3) is 0.550. The van der Waals surface area contributed by atoms with Gasteiger partial charge in [0.05, 0.1) is 2.74 Å². The summed E-state index contributed by atoms with van der Waals surface area (Å²) >= 11 is 0. The second kappa shape index (κ2) is 8.45. The molecule has 26 heavy (non-hydrogen) atoms. The van der Waals surface area contributed by atoms with Crippen LogP contribution >= 0.6 is 0 Å². The Morgan fingerprint density at radius 3 is 2.73 bits per heavy atom. The summed E-state index contributed by atoms with van der Waals surface area (Å²) < 4.78 is 32.9. The van der Waals surface area contributed by atoms with E-state index < -0.39 is 54.4 Å². The Balaban J connectivity index is 2.34. The van der Waals surface area contributed by atoms with Gasteiger partial charge in [-0.05, 0) is 23.5 Å². The van der Waals surface area contributed by atoms with Crippen molar-refractivity contribution in [3.63, 3.8) is 0 Å². The number of carbonyl (C=O) groups excluding carboxylic acids is 3. The lowest BCUT2D eigenvalue weighted by Gasteiger charge is -2.24. The Bertz CT molecular complexity index is 859. The molecule has 0 unspecified atom stereocenters. The van der Waals surface area contributed by atoms with Crippen LogP contribution < -0.4 is 5.32 Å². The zero-order chi connectivity index (χ0) is 23.1. The number of carbonyl (C=O) groups is 3. The van der Waals surface area contributed by atoms with E-state index in [1.165, 1.54) is 33.9 Å². The molecule has 3 atom stereocenters. The first-order valence-electron chi connectivity index (χ1n) is 10.6. The maximum Gasteiger partial charge on any atom is 0.249 e. The molecule has 1 aliphatic rings. The van der Waals surface area contributed by atoms with E-state index in [9.17, 15) is 19.5 Å². The van der Waals surface area contributed by atoms with Crippen molar-refractivity contribution in [3.8, 4) is 0 Å². The van der Waals surface area contributed by atoms with E-state index >= 15 is 0 Å². The number of nitrogens with zero attached hydrogens (tertiary/aromatic N) is 1. The lowest BCUT2D eigenvalue weighted by atomic mass is 9.94. The number of Topliss-reactive ketones (excluding diaryl/α,β-unsaturated/α-hetero) is 1. The molecule has 6 heteroatoms. The molecule has 0 bridgehead atoms. The third kappa shape index (κ3) is 4.49. The van der Waals surface area contributed by atoms with Crippen LogP contribution in [-0.2, 0) is 20.8 Å². The van der Waals surface area contributed by atoms with Crippen molar-refractivity contribution in [2.45, 2.75) is 45.7 Å². The highest BCUT2D eigenvalue weighted by Gasteiger charge is 2.32. The standard InChI is InChI=1S/C20H28N2O4/c1-12(2)18(24)16(23)11-13(3)19(25)21-17-15-8-6-5-7-14(15)9-10-22(4)20(17)26/h5-8,12-13,17-18,24H,9-11H2,1-4H3,(H,21,25)/t13-,17+,18+/m1/s1/i10D2,17D,18D. The molecule has 0 radical (unpaired) electrons. The minimum absolute atomic E-state index is 0.143. The fourth-order valence-electron chi connectivity index (χ4n) is 2.64. The summed E-state index contributed by atoms with van der Waals surface area (Å²) in [7, 11) is 1.24. The number of benzene rings is 1. The molecule has 1 aromatic rings. The number of rotatable bonds is 6. The molecule has 0 aromatic heterocycles. The van der Waals surface area contributed by atoms with Crippen molar-refractivity contribution < 1.29 is 25.0 Å². The smallest absolute Gasteiger partial charge is 0.249 e. The van der Waals surface area contributed by atoms with Crippen molar-refractivity contribution >= 4 is 17.6 Å². The molecule has 0 spiro atoms. The number of aryl methyl sites for hydroxylation is 1. The first-order valence-corrected chi connectivity index (χ1v) is 8.59. The Hall–Kier alpha value is -2.21. The predicted octanol–water partition coefficient (Wildman–Crippen LogP) is 1.47. The van der Waals surface area contributed by atoms with Gasteiger partial charge in [0, 0.05) is 28.6 Å². The van der Waals surface area contributed by atoms with E-state index in [0.29, 0.717) is 5.56 Å². The highest BCUT2D eigenvalue weighted by molar-refractivity contribution is 5.92. The van der Waals surface area contributed by atoms with Crippen molar-refractivity contribution in [2.75, 3.05) is 13.5 Å². The summed E-state index contributed by atoms with van der Waals surface area (Å²) in [5.74, 6) is -4.24. The third-order valence-corrected chi connectivity index (χ3v) is 4.33. The van der Waals surface area contributed by atoms with Crippen LogP contribution in [0.3, 0.4) is 0 Å². The molecule has 0 fully saturated rings. The monoisotopic (exact) mass is 364 g/mol. The Labute approximate surface area is 160 Å².